The summed E-state index contributed by atoms with van der Waals surface area (Å²) in [6.07, 6.45) is 6.17. The van der Waals surface area contributed by atoms with Crippen molar-refractivity contribution in [3.05, 3.63) is 0 Å². The minimum atomic E-state index is -0.172. The molecule has 2 saturated carbocycles. The van der Waals surface area contributed by atoms with E-state index in [9.17, 15) is 4.79 Å². The third-order valence-electron chi connectivity index (χ3n) is 3.76. The quantitative estimate of drug-likeness (QED) is 0.550. The van der Waals surface area contributed by atoms with Crippen molar-refractivity contribution in [2.75, 3.05) is 0 Å². The van der Waals surface area contributed by atoms with Gasteiger partial charge in [0.1, 0.15) is 0 Å². The van der Waals surface area contributed by atoms with Crippen LogP contribution in [-0.4, -0.2) is 11.2 Å². The number of fused-ring (bicyclic) bond motifs is 1. The first-order valence-corrected chi connectivity index (χ1v) is 5.81. The molecule has 2 rings (SSSR count). The Morgan fingerprint density at radius 1 is 1.31 bits per heavy atom. The number of carbonyl (C=O) groups is 1. The lowest BCUT2D eigenvalue weighted by atomic mass is 9.67. The number of alkyl halides is 1. The van der Waals surface area contributed by atoms with Gasteiger partial charge in [-0.05, 0) is 24.7 Å². The maximum absolute atomic E-state index is 11.6. The molecular weight excluding hydrogens is 184 g/mol. The zero-order valence-electron chi connectivity index (χ0n) is 8.13. The Labute approximate surface area is 84.8 Å². The van der Waals surface area contributed by atoms with Crippen molar-refractivity contribution in [2.45, 2.75) is 44.4 Å². The molecule has 0 amide bonds. The number of Topliss-reactive ketones (excluding diaryl/α,β-unsaturated/α-hetero) is 1. The number of hydrogen-bond acceptors (Lipinski definition) is 1. The molecule has 0 N–H and O–H groups in total. The van der Waals surface area contributed by atoms with Gasteiger partial charge in [-0.25, -0.2) is 0 Å². The first kappa shape index (κ1) is 9.51. The van der Waals surface area contributed by atoms with Crippen molar-refractivity contribution in [1.29, 1.82) is 0 Å². The van der Waals surface area contributed by atoms with Gasteiger partial charge in [-0.2, -0.15) is 0 Å². The van der Waals surface area contributed by atoms with Crippen molar-refractivity contribution in [1.82, 2.24) is 0 Å². The highest BCUT2D eigenvalue weighted by Crippen LogP contribution is 2.43. The second-order valence-electron chi connectivity index (χ2n) is 4.65. The van der Waals surface area contributed by atoms with Gasteiger partial charge in [-0.15, -0.1) is 11.6 Å². The Bertz CT molecular complexity index is 214. The van der Waals surface area contributed by atoms with Crippen LogP contribution in [0.2, 0.25) is 0 Å². The van der Waals surface area contributed by atoms with Crippen molar-refractivity contribution < 1.29 is 4.79 Å². The van der Waals surface area contributed by atoms with Gasteiger partial charge >= 0.3 is 0 Å². The van der Waals surface area contributed by atoms with Crippen LogP contribution in [0.3, 0.4) is 0 Å². The summed E-state index contributed by atoms with van der Waals surface area (Å²) < 4.78 is 0. The van der Waals surface area contributed by atoms with Gasteiger partial charge in [0.05, 0.1) is 5.38 Å². The van der Waals surface area contributed by atoms with Crippen LogP contribution >= 0.6 is 11.6 Å². The second kappa shape index (κ2) is 3.61. The maximum Gasteiger partial charge on any atom is 0.153 e. The minimum absolute atomic E-state index is 0.172. The first-order chi connectivity index (χ1) is 6.20. The summed E-state index contributed by atoms with van der Waals surface area (Å²) in [5.41, 5.74) is 0. The van der Waals surface area contributed by atoms with Crippen LogP contribution in [-0.2, 0) is 4.79 Å². The Hall–Kier alpha value is -0.0400. The fraction of sp³-hybridized carbons (Fsp3) is 0.909. The van der Waals surface area contributed by atoms with Crippen LogP contribution in [0.15, 0.2) is 0 Å². The highest BCUT2D eigenvalue weighted by Gasteiger charge is 2.41. The molecule has 0 heterocycles. The van der Waals surface area contributed by atoms with E-state index >= 15 is 0 Å². The molecule has 74 valence electrons. The van der Waals surface area contributed by atoms with E-state index in [-0.39, 0.29) is 11.3 Å². The molecule has 0 aliphatic heterocycles. The molecule has 1 nitrogen and oxygen atoms in total. The lowest BCUT2D eigenvalue weighted by Gasteiger charge is -2.40. The Kier molecular flexibility index (Phi) is 2.64. The van der Waals surface area contributed by atoms with Gasteiger partial charge in [-0.3, -0.25) is 4.79 Å². The molecule has 0 aromatic carbocycles. The van der Waals surface area contributed by atoms with Gasteiger partial charge in [0.15, 0.2) is 5.78 Å². The van der Waals surface area contributed by atoms with Gasteiger partial charge in [-0.1, -0.05) is 26.2 Å². The highest BCUT2D eigenvalue weighted by molar-refractivity contribution is 6.31. The van der Waals surface area contributed by atoms with Crippen LogP contribution in [0, 0.1) is 17.8 Å². The predicted molar refractivity (Wildman–Crippen MR) is 53.9 cm³/mol. The normalized spacial score (nSPS) is 45.8. The van der Waals surface area contributed by atoms with E-state index in [1.165, 1.54) is 25.7 Å². The summed E-state index contributed by atoms with van der Waals surface area (Å²) in [7, 11) is 0. The fourth-order valence-electron chi connectivity index (χ4n) is 2.97. The number of ketones is 1. The number of hydrogen-bond donors (Lipinski definition) is 0. The lowest BCUT2D eigenvalue weighted by Crippen LogP contribution is -2.42. The van der Waals surface area contributed by atoms with Crippen LogP contribution in [0.25, 0.3) is 0 Å². The van der Waals surface area contributed by atoms with Crippen molar-refractivity contribution >= 4 is 17.4 Å². The SMILES string of the molecule is C[C@@H]1C[C@H]2CCCC[C@@H]2[C@H](Cl)C1=O. The molecule has 0 spiro atoms. The van der Waals surface area contributed by atoms with Gasteiger partial charge in [0, 0.05) is 5.92 Å². The monoisotopic (exact) mass is 200 g/mol. The van der Waals surface area contributed by atoms with Crippen LogP contribution in [0.4, 0.5) is 0 Å². The van der Waals surface area contributed by atoms with E-state index in [1.807, 2.05) is 6.92 Å². The van der Waals surface area contributed by atoms with Gasteiger partial charge < -0.3 is 0 Å². The summed E-state index contributed by atoms with van der Waals surface area (Å²) in [4.78, 5) is 11.6. The fourth-order valence-corrected chi connectivity index (χ4v) is 3.51. The van der Waals surface area contributed by atoms with Crippen LogP contribution < -0.4 is 0 Å². The lowest BCUT2D eigenvalue weighted by molar-refractivity contribution is -0.127. The standard InChI is InChI=1S/C11H17ClO/c1-7-6-8-4-2-3-5-9(8)10(12)11(7)13/h7-10H,2-6H2,1H3/t7-,8-,9+,10+/m1/s1. The molecule has 2 fully saturated rings. The van der Waals surface area contributed by atoms with E-state index in [4.69, 9.17) is 11.6 Å². The van der Waals surface area contributed by atoms with Crippen molar-refractivity contribution in [2.24, 2.45) is 17.8 Å². The summed E-state index contributed by atoms with van der Waals surface area (Å²) in [5, 5.41) is -0.172. The van der Waals surface area contributed by atoms with E-state index in [0.717, 1.165) is 12.3 Å². The molecule has 0 unspecified atom stereocenters. The number of rotatable bonds is 0. The zero-order chi connectivity index (χ0) is 9.42. The summed E-state index contributed by atoms with van der Waals surface area (Å²) in [6, 6.07) is 0. The largest absolute Gasteiger partial charge is 0.298 e. The van der Waals surface area contributed by atoms with E-state index < -0.39 is 0 Å². The summed E-state index contributed by atoms with van der Waals surface area (Å²) in [5.74, 6) is 1.75. The second-order valence-corrected chi connectivity index (χ2v) is 5.12. The summed E-state index contributed by atoms with van der Waals surface area (Å²) in [6.45, 7) is 2.03. The Morgan fingerprint density at radius 3 is 2.77 bits per heavy atom. The third-order valence-corrected chi connectivity index (χ3v) is 4.30. The Morgan fingerprint density at radius 2 is 2.00 bits per heavy atom. The molecule has 4 atom stereocenters. The van der Waals surface area contributed by atoms with Crippen molar-refractivity contribution in [3.63, 3.8) is 0 Å². The predicted octanol–water partition coefficient (Wildman–Crippen LogP) is 3.01. The Balaban J connectivity index is 2.12. The average Bonchev–Trinajstić information content (AvgIpc) is 2.15. The van der Waals surface area contributed by atoms with Gasteiger partial charge in [0.2, 0.25) is 0 Å². The van der Waals surface area contributed by atoms with Crippen molar-refractivity contribution in [3.8, 4) is 0 Å². The molecular formula is C11H17ClO. The third kappa shape index (κ3) is 1.63. The topological polar surface area (TPSA) is 17.1 Å². The number of carbonyl (C=O) groups excluding carboxylic acids is 1. The van der Waals surface area contributed by atoms with Gasteiger partial charge in [0.25, 0.3) is 0 Å². The van der Waals surface area contributed by atoms with E-state index in [1.54, 1.807) is 0 Å². The molecule has 0 bridgehead atoms. The highest BCUT2D eigenvalue weighted by atomic mass is 35.5. The van der Waals surface area contributed by atoms with Crippen LogP contribution in [0.5, 0.6) is 0 Å². The number of halogens is 1. The minimum Gasteiger partial charge on any atom is -0.298 e. The smallest absolute Gasteiger partial charge is 0.153 e. The molecule has 0 radical (unpaired) electrons. The van der Waals surface area contributed by atoms with E-state index in [0.29, 0.717) is 11.7 Å². The maximum atomic E-state index is 11.6. The molecule has 0 aromatic rings. The first-order valence-electron chi connectivity index (χ1n) is 5.38. The molecule has 0 aromatic heterocycles. The average molecular weight is 201 g/mol. The van der Waals surface area contributed by atoms with Crippen LogP contribution in [0.1, 0.15) is 39.0 Å². The molecule has 2 aliphatic rings. The molecule has 0 saturated heterocycles. The molecule has 2 heteroatoms. The molecule has 2 aliphatic carbocycles. The summed E-state index contributed by atoms with van der Waals surface area (Å²) >= 11 is 6.19. The van der Waals surface area contributed by atoms with E-state index in [2.05, 4.69) is 0 Å². The molecule has 13 heavy (non-hydrogen) atoms. The zero-order valence-corrected chi connectivity index (χ0v) is 8.89.